The van der Waals surface area contributed by atoms with Crippen molar-refractivity contribution in [3.63, 3.8) is 0 Å². The van der Waals surface area contributed by atoms with Crippen molar-refractivity contribution in [2.45, 2.75) is 39.2 Å². The number of nitrogens with one attached hydrogen (secondary N) is 2. The SMILES string of the molecule is CC1CC(C(=O)NCC(C)(C)NS(C)(=O)=O)(C(N)=S)C1. The number of carbonyl (C=O) groups is 1. The molecular formula is C12H23N3O3S2. The van der Waals surface area contributed by atoms with Gasteiger partial charge in [0.05, 0.1) is 16.7 Å². The van der Waals surface area contributed by atoms with E-state index in [9.17, 15) is 13.2 Å². The maximum Gasteiger partial charge on any atom is 0.233 e. The largest absolute Gasteiger partial charge is 0.392 e. The molecule has 0 spiro atoms. The predicted octanol–water partition coefficient (Wildman–Crippen LogP) is 0.133. The lowest BCUT2D eigenvalue weighted by Gasteiger charge is -2.44. The Morgan fingerprint density at radius 2 is 1.95 bits per heavy atom. The molecule has 0 aromatic rings. The molecule has 0 atom stereocenters. The fourth-order valence-electron chi connectivity index (χ4n) is 2.64. The normalized spacial score (nSPS) is 26.7. The third kappa shape index (κ3) is 4.13. The second kappa shape index (κ2) is 5.57. The number of thiocarbonyl (C=S) groups is 1. The minimum absolute atomic E-state index is 0.178. The summed E-state index contributed by atoms with van der Waals surface area (Å²) in [6, 6.07) is 0. The maximum atomic E-state index is 12.3. The molecule has 116 valence electrons. The van der Waals surface area contributed by atoms with Gasteiger partial charge in [0.25, 0.3) is 0 Å². The molecule has 1 aliphatic rings. The minimum atomic E-state index is -3.33. The van der Waals surface area contributed by atoms with Gasteiger partial charge in [-0.15, -0.1) is 0 Å². The molecule has 4 N–H and O–H groups in total. The first kappa shape index (κ1) is 17.3. The zero-order valence-corrected chi connectivity index (χ0v) is 14.0. The van der Waals surface area contributed by atoms with Crippen LogP contribution in [0, 0.1) is 11.3 Å². The van der Waals surface area contributed by atoms with Crippen molar-refractivity contribution in [3.05, 3.63) is 0 Å². The average Bonchev–Trinajstić information content (AvgIpc) is 2.17. The van der Waals surface area contributed by atoms with E-state index in [1.807, 2.05) is 6.92 Å². The smallest absolute Gasteiger partial charge is 0.233 e. The van der Waals surface area contributed by atoms with Crippen LogP contribution in [0.2, 0.25) is 0 Å². The van der Waals surface area contributed by atoms with Crippen molar-refractivity contribution < 1.29 is 13.2 Å². The Kier molecular flexibility index (Phi) is 4.83. The van der Waals surface area contributed by atoms with E-state index in [0.29, 0.717) is 18.8 Å². The molecule has 1 fully saturated rings. The van der Waals surface area contributed by atoms with Crippen LogP contribution in [0.4, 0.5) is 0 Å². The molecule has 0 aromatic heterocycles. The predicted molar refractivity (Wildman–Crippen MR) is 82.7 cm³/mol. The molecule has 0 aromatic carbocycles. The molecule has 1 rings (SSSR count). The highest BCUT2D eigenvalue weighted by Gasteiger charge is 2.50. The topological polar surface area (TPSA) is 101 Å². The Balaban J connectivity index is 2.65. The fraction of sp³-hybridized carbons (Fsp3) is 0.833. The van der Waals surface area contributed by atoms with Gasteiger partial charge < -0.3 is 11.1 Å². The zero-order valence-electron chi connectivity index (χ0n) is 12.3. The molecule has 0 radical (unpaired) electrons. The van der Waals surface area contributed by atoms with Gasteiger partial charge in [0.2, 0.25) is 15.9 Å². The first-order chi connectivity index (χ1) is 8.88. The van der Waals surface area contributed by atoms with E-state index in [1.54, 1.807) is 13.8 Å². The van der Waals surface area contributed by atoms with Gasteiger partial charge in [0.15, 0.2) is 0 Å². The van der Waals surface area contributed by atoms with Crippen molar-refractivity contribution in [1.82, 2.24) is 10.0 Å². The van der Waals surface area contributed by atoms with Gasteiger partial charge >= 0.3 is 0 Å². The summed E-state index contributed by atoms with van der Waals surface area (Å²) in [7, 11) is -3.33. The van der Waals surface area contributed by atoms with Crippen LogP contribution in [-0.2, 0) is 14.8 Å². The molecule has 1 aliphatic carbocycles. The molecular weight excluding hydrogens is 298 g/mol. The van der Waals surface area contributed by atoms with Crippen LogP contribution in [-0.4, -0.2) is 37.7 Å². The van der Waals surface area contributed by atoms with E-state index in [-0.39, 0.29) is 17.4 Å². The second-order valence-corrected chi connectivity index (χ2v) is 8.59. The number of hydrogen-bond acceptors (Lipinski definition) is 4. The lowest BCUT2D eigenvalue weighted by atomic mass is 9.62. The van der Waals surface area contributed by atoms with Crippen LogP contribution in [0.15, 0.2) is 0 Å². The van der Waals surface area contributed by atoms with Crippen molar-refractivity contribution in [2.24, 2.45) is 17.1 Å². The van der Waals surface area contributed by atoms with Crippen LogP contribution in [0.25, 0.3) is 0 Å². The number of amides is 1. The van der Waals surface area contributed by atoms with Crippen molar-refractivity contribution in [3.8, 4) is 0 Å². The molecule has 0 saturated heterocycles. The number of sulfonamides is 1. The summed E-state index contributed by atoms with van der Waals surface area (Å²) in [5.74, 6) is 0.205. The molecule has 0 aliphatic heterocycles. The van der Waals surface area contributed by atoms with Gasteiger partial charge in [-0.05, 0) is 32.6 Å². The maximum absolute atomic E-state index is 12.3. The summed E-state index contributed by atoms with van der Waals surface area (Å²) in [5.41, 5.74) is 4.16. The number of nitrogens with two attached hydrogens (primary N) is 1. The lowest BCUT2D eigenvalue weighted by Crippen LogP contribution is -2.59. The van der Waals surface area contributed by atoms with Gasteiger partial charge in [-0.1, -0.05) is 19.1 Å². The summed E-state index contributed by atoms with van der Waals surface area (Å²) in [5, 5.41) is 2.76. The first-order valence-corrected chi connectivity index (χ1v) is 8.75. The van der Waals surface area contributed by atoms with Crippen LogP contribution in [0.5, 0.6) is 0 Å². The third-order valence-corrected chi connectivity index (χ3v) is 4.77. The monoisotopic (exact) mass is 321 g/mol. The Bertz CT molecular complexity index is 508. The fourth-order valence-corrected chi connectivity index (χ4v) is 3.97. The molecule has 1 amide bonds. The Hall–Kier alpha value is -0.730. The van der Waals surface area contributed by atoms with E-state index < -0.39 is 21.0 Å². The Morgan fingerprint density at radius 1 is 1.45 bits per heavy atom. The minimum Gasteiger partial charge on any atom is -0.392 e. The summed E-state index contributed by atoms with van der Waals surface area (Å²) in [4.78, 5) is 12.5. The van der Waals surface area contributed by atoms with E-state index in [4.69, 9.17) is 18.0 Å². The molecule has 8 heteroatoms. The quantitative estimate of drug-likeness (QED) is 0.604. The molecule has 1 saturated carbocycles. The number of carbonyl (C=O) groups excluding carboxylic acids is 1. The zero-order chi connectivity index (χ0) is 15.8. The first-order valence-electron chi connectivity index (χ1n) is 6.45. The van der Waals surface area contributed by atoms with Gasteiger partial charge in [0, 0.05) is 12.1 Å². The second-order valence-electron chi connectivity index (χ2n) is 6.40. The Morgan fingerprint density at radius 3 is 2.30 bits per heavy atom. The van der Waals surface area contributed by atoms with E-state index in [0.717, 1.165) is 6.26 Å². The standard InChI is InChI=1S/C12H23N3O3S2/c1-8-5-12(6-8,9(13)19)10(16)14-7-11(2,3)15-20(4,17)18/h8,15H,5-7H2,1-4H3,(H2,13,19)(H,14,16). The molecule has 0 unspecified atom stereocenters. The van der Waals surface area contributed by atoms with Crippen molar-refractivity contribution in [1.29, 1.82) is 0 Å². The van der Waals surface area contributed by atoms with Crippen molar-refractivity contribution >= 4 is 33.1 Å². The van der Waals surface area contributed by atoms with Crippen LogP contribution < -0.4 is 15.8 Å². The lowest BCUT2D eigenvalue weighted by molar-refractivity contribution is -0.133. The van der Waals surface area contributed by atoms with Gasteiger partial charge in [0.1, 0.15) is 0 Å². The highest BCUT2D eigenvalue weighted by molar-refractivity contribution is 7.88. The van der Waals surface area contributed by atoms with Gasteiger partial charge in [-0.2, -0.15) is 0 Å². The molecule has 20 heavy (non-hydrogen) atoms. The van der Waals surface area contributed by atoms with E-state index in [2.05, 4.69) is 10.0 Å². The number of hydrogen-bond donors (Lipinski definition) is 3. The van der Waals surface area contributed by atoms with Crippen LogP contribution >= 0.6 is 12.2 Å². The highest BCUT2D eigenvalue weighted by Crippen LogP contribution is 2.45. The summed E-state index contributed by atoms with van der Waals surface area (Å²) >= 11 is 5.01. The molecule has 0 bridgehead atoms. The third-order valence-electron chi connectivity index (χ3n) is 3.45. The van der Waals surface area contributed by atoms with Gasteiger partial charge in [-0.25, -0.2) is 13.1 Å². The Labute approximate surface area is 125 Å². The molecule has 6 nitrogen and oxygen atoms in total. The average molecular weight is 321 g/mol. The van der Waals surface area contributed by atoms with E-state index in [1.165, 1.54) is 0 Å². The molecule has 0 heterocycles. The summed E-state index contributed by atoms with van der Waals surface area (Å²) in [6.45, 7) is 5.62. The van der Waals surface area contributed by atoms with Crippen LogP contribution in [0.3, 0.4) is 0 Å². The summed E-state index contributed by atoms with van der Waals surface area (Å²) < 4.78 is 25.0. The number of rotatable bonds is 6. The highest BCUT2D eigenvalue weighted by atomic mass is 32.2. The summed E-state index contributed by atoms with van der Waals surface area (Å²) in [6.07, 6.45) is 2.38. The van der Waals surface area contributed by atoms with E-state index >= 15 is 0 Å². The van der Waals surface area contributed by atoms with Crippen molar-refractivity contribution in [2.75, 3.05) is 12.8 Å². The van der Waals surface area contributed by atoms with Gasteiger partial charge in [-0.3, -0.25) is 4.79 Å². The van der Waals surface area contributed by atoms with Crippen LogP contribution in [0.1, 0.15) is 33.6 Å².